The summed E-state index contributed by atoms with van der Waals surface area (Å²) in [5, 5.41) is 2.80. The van der Waals surface area contributed by atoms with E-state index in [1.807, 2.05) is 0 Å². The van der Waals surface area contributed by atoms with Gasteiger partial charge in [0.25, 0.3) is 0 Å². The van der Waals surface area contributed by atoms with E-state index >= 15 is 0 Å². The Balaban J connectivity index is 3.22. The fourth-order valence-corrected chi connectivity index (χ4v) is 8.43. The second kappa shape index (κ2) is 6.15. The van der Waals surface area contributed by atoms with Gasteiger partial charge in [-0.25, -0.2) is 0 Å². The topological polar surface area (TPSA) is 18.5 Å². The minimum absolute atomic E-state index is 0.782. The highest BCUT2D eigenvalue weighted by molar-refractivity contribution is 6.94. The number of hydrogen-bond acceptors (Lipinski definition) is 2. The van der Waals surface area contributed by atoms with Crippen molar-refractivity contribution in [2.45, 2.75) is 40.0 Å². The van der Waals surface area contributed by atoms with Crippen LogP contribution in [-0.2, 0) is 8.85 Å². The Morgan fingerprint density at radius 1 is 0.778 bits per heavy atom. The van der Waals surface area contributed by atoms with Gasteiger partial charge in [0.05, 0.1) is 0 Å². The van der Waals surface area contributed by atoms with Gasteiger partial charge in [0.1, 0.15) is 0 Å². The van der Waals surface area contributed by atoms with Crippen LogP contribution in [0.1, 0.15) is 13.8 Å². The van der Waals surface area contributed by atoms with Gasteiger partial charge in [-0.2, -0.15) is 0 Å². The summed E-state index contributed by atoms with van der Waals surface area (Å²) < 4.78 is 12.1. The zero-order chi connectivity index (χ0) is 13.8. The highest BCUT2D eigenvalue weighted by Crippen LogP contribution is 2.10. The van der Waals surface area contributed by atoms with Crippen molar-refractivity contribution >= 4 is 27.0 Å². The molecule has 0 heterocycles. The minimum atomic E-state index is -1.81. The predicted octanol–water partition coefficient (Wildman–Crippen LogP) is 2.58. The molecule has 0 radical (unpaired) electrons. The SMILES string of the molecule is CCO[Si](C)(C)c1ccccc1[Si](C)(C)OCC. The number of benzene rings is 1. The molecule has 0 spiro atoms. The van der Waals surface area contributed by atoms with Gasteiger partial charge in [-0.05, 0) is 50.4 Å². The third kappa shape index (κ3) is 3.54. The van der Waals surface area contributed by atoms with Crippen molar-refractivity contribution in [1.82, 2.24) is 0 Å². The first-order valence-corrected chi connectivity index (χ1v) is 12.5. The molecule has 0 saturated carbocycles. The maximum Gasteiger partial charge on any atom is 0.218 e. The molecule has 4 heteroatoms. The van der Waals surface area contributed by atoms with Gasteiger partial charge in [-0.15, -0.1) is 0 Å². The highest BCUT2D eigenvalue weighted by Gasteiger charge is 2.34. The van der Waals surface area contributed by atoms with Crippen LogP contribution in [0.5, 0.6) is 0 Å². The summed E-state index contributed by atoms with van der Waals surface area (Å²) >= 11 is 0. The normalized spacial score (nSPS) is 12.8. The third-order valence-corrected chi connectivity index (χ3v) is 8.97. The Morgan fingerprint density at radius 2 is 1.11 bits per heavy atom. The Bertz CT molecular complexity index is 352. The van der Waals surface area contributed by atoms with Gasteiger partial charge in [0, 0.05) is 13.2 Å². The summed E-state index contributed by atoms with van der Waals surface area (Å²) in [6.45, 7) is 14.8. The van der Waals surface area contributed by atoms with Gasteiger partial charge in [0.2, 0.25) is 16.6 Å². The number of hydrogen-bond donors (Lipinski definition) is 0. The standard InChI is InChI=1S/C14H26O2Si2/c1-7-15-17(3,4)13-11-9-10-12-14(13)18(5,6)16-8-2/h9-12H,7-8H2,1-6H3. The van der Waals surface area contributed by atoms with E-state index < -0.39 is 16.6 Å². The van der Waals surface area contributed by atoms with E-state index in [2.05, 4.69) is 64.3 Å². The van der Waals surface area contributed by atoms with Crippen LogP contribution < -0.4 is 10.4 Å². The number of rotatable bonds is 6. The lowest BCUT2D eigenvalue weighted by Crippen LogP contribution is -2.61. The van der Waals surface area contributed by atoms with E-state index in [1.165, 1.54) is 10.4 Å². The summed E-state index contributed by atoms with van der Waals surface area (Å²) in [5.41, 5.74) is 0. The maximum absolute atomic E-state index is 6.03. The van der Waals surface area contributed by atoms with Crippen LogP contribution in [0.15, 0.2) is 24.3 Å². The average molecular weight is 283 g/mol. The van der Waals surface area contributed by atoms with Crippen LogP contribution >= 0.6 is 0 Å². The third-order valence-electron chi connectivity index (χ3n) is 3.23. The van der Waals surface area contributed by atoms with E-state index in [0.29, 0.717) is 0 Å². The Morgan fingerprint density at radius 3 is 1.39 bits per heavy atom. The molecule has 0 atom stereocenters. The molecule has 2 nitrogen and oxygen atoms in total. The zero-order valence-electron chi connectivity index (χ0n) is 12.5. The summed E-state index contributed by atoms with van der Waals surface area (Å²) in [7, 11) is -3.62. The van der Waals surface area contributed by atoms with Crippen molar-refractivity contribution < 1.29 is 8.85 Å². The molecule has 102 valence electrons. The molecule has 0 amide bonds. The molecule has 0 saturated heterocycles. The van der Waals surface area contributed by atoms with Crippen molar-refractivity contribution in [3.63, 3.8) is 0 Å². The lowest BCUT2D eigenvalue weighted by Gasteiger charge is -2.31. The largest absolute Gasteiger partial charge is 0.413 e. The van der Waals surface area contributed by atoms with Gasteiger partial charge < -0.3 is 8.85 Å². The Labute approximate surface area is 114 Å². The first-order chi connectivity index (χ1) is 8.35. The van der Waals surface area contributed by atoms with E-state index in [1.54, 1.807) is 0 Å². The molecular weight excluding hydrogens is 256 g/mol. The second-order valence-electron chi connectivity index (χ2n) is 5.43. The predicted molar refractivity (Wildman–Crippen MR) is 83.9 cm³/mol. The van der Waals surface area contributed by atoms with Crippen molar-refractivity contribution in [1.29, 1.82) is 0 Å². The van der Waals surface area contributed by atoms with Crippen LogP contribution in [0.4, 0.5) is 0 Å². The van der Waals surface area contributed by atoms with E-state index in [0.717, 1.165) is 13.2 Å². The molecule has 0 aliphatic rings. The lowest BCUT2D eigenvalue weighted by atomic mass is 10.4. The van der Waals surface area contributed by atoms with Crippen LogP contribution in [0, 0.1) is 0 Å². The van der Waals surface area contributed by atoms with Crippen LogP contribution in [0.3, 0.4) is 0 Å². The van der Waals surface area contributed by atoms with Crippen molar-refractivity contribution in [2.75, 3.05) is 13.2 Å². The van der Waals surface area contributed by atoms with Crippen LogP contribution in [0.25, 0.3) is 0 Å². The molecule has 1 aromatic rings. The second-order valence-corrected chi connectivity index (χ2v) is 13.1. The summed E-state index contributed by atoms with van der Waals surface area (Å²) in [5.74, 6) is 0. The van der Waals surface area contributed by atoms with E-state index in [4.69, 9.17) is 8.85 Å². The first kappa shape index (κ1) is 15.6. The summed E-state index contributed by atoms with van der Waals surface area (Å²) in [4.78, 5) is 0. The first-order valence-electron chi connectivity index (χ1n) is 6.73. The zero-order valence-corrected chi connectivity index (χ0v) is 14.5. The molecule has 0 aromatic heterocycles. The van der Waals surface area contributed by atoms with Crippen molar-refractivity contribution in [3.8, 4) is 0 Å². The fraction of sp³-hybridized carbons (Fsp3) is 0.571. The van der Waals surface area contributed by atoms with Gasteiger partial charge >= 0.3 is 0 Å². The maximum atomic E-state index is 6.03. The van der Waals surface area contributed by atoms with Crippen molar-refractivity contribution in [3.05, 3.63) is 24.3 Å². The smallest absolute Gasteiger partial charge is 0.218 e. The quantitative estimate of drug-likeness (QED) is 0.747. The highest BCUT2D eigenvalue weighted by atomic mass is 28.4. The van der Waals surface area contributed by atoms with Crippen molar-refractivity contribution in [2.24, 2.45) is 0 Å². The Kier molecular flexibility index (Phi) is 5.34. The van der Waals surface area contributed by atoms with Gasteiger partial charge in [-0.3, -0.25) is 0 Å². The van der Waals surface area contributed by atoms with Crippen LogP contribution in [0.2, 0.25) is 26.2 Å². The minimum Gasteiger partial charge on any atom is -0.413 e. The molecule has 0 N–H and O–H groups in total. The average Bonchev–Trinajstić information content (AvgIpc) is 2.29. The van der Waals surface area contributed by atoms with E-state index in [9.17, 15) is 0 Å². The summed E-state index contributed by atoms with van der Waals surface area (Å²) in [6, 6.07) is 8.68. The molecule has 1 rings (SSSR count). The molecule has 0 fully saturated rings. The van der Waals surface area contributed by atoms with Crippen LogP contribution in [-0.4, -0.2) is 29.8 Å². The monoisotopic (exact) mass is 282 g/mol. The van der Waals surface area contributed by atoms with E-state index in [-0.39, 0.29) is 0 Å². The fourth-order valence-electron chi connectivity index (χ4n) is 2.41. The molecule has 1 aromatic carbocycles. The molecular formula is C14H26O2Si2. The molecule has 0 aliphatic carbocycles. The van der Waals surface area contributed by atoms with Gasteiger partial charge in [-0.1, -0.05) is 24.3 Å². The molecule has 18 heavy (non-hydrogen) atoms. The van der Waals surface area contributed by atoms with Gasteiger partial charge in [0.15, 0.2) is 0 Å². The Hall–Kier alpha value is -0.426. The molecule has 0 unspecified atom stereocenters. The summed E-state index contributed by atoms with van der Waals surface area (Å²) in [6.07, 6.45) is 0. The molecule has 0 aliphatic heterocycles. The lowest BCUT2D eigenvalue weighted by molar-refractivity contribution is 0.336. The molecule has 0 bridgehead atoms.